The third-order valence-electron chi connectivity index (χ3n) is 4.28. The minimum atomic E-state index is -0.0707. The minimum absolute atomic E-state index is 0.0707. The van der Waals surface area contributed by atoms with E-state index in [-0.39, 0.29) is 5.56 Å². The van der Waals surface area contributed by atoms with Gasteiger partial charge in [-0.15, -0.1) is 0 Å². The zero-order valence-electron chi connectivity index (χ0n) is 11.9. The summed E-state index contributed by atoms with van der Waals surface area (Å²) < 4.78 is 1.57. The van der Waals surface area contributed by atoms with E-state index in [1.807, 2.05) is 0 Å². The standard InChI is InChI=1S/C15H22ClN3O/c1-2-12(7-10-3-4-10)18-14-13(16)8-17-19(15(14)20)9-11-5-6-11/h8,10-12,18H,2-7,9H2,1H3. The molecule has 1 N–H and O–H groups in total. The average molecular weight is 296 g/mol. The van der Waals surface area contributed by atoms with E-state index in [2.05, 4.69) is 17.3 Å². The Hall–Kier alpha value is -1.03. The Balaban J connectivity index is 1.76. The molecule has 3 rings (SSSR count). The maximum absolute atomic E-state index is 12.5. The Morgan fingerprint density at radius 3 is 2.70 bits per heavy atom. The fraction of sp³-hybridized carbons (Fsp3) is 0.733. The quantitative estimate of drug-likeness (QED) is 0.839. The van der Waals surface area contributed by atoms with E-state index < -0.39 is 0 Å². The molecular weight excluding hydrogens is 274 g/mol. The van der Waals surface area contributed by atoms with Gasteiger partial charge >= 0.3 is 0 Å². The molecule has 110 valence electrons. The summed E-state index contributed by atoms with van der Waals surface area (Å²) in [7, 11) is 0. The molecule has 0 amide bonds. The highest BCUT2D eigenvalue weighted by atomic mass is 35.5. The lowest BCUT2D eigenvalue weighted by Crippen LogP contribution is -2.30. The van der Waals surface area contributed by atoms with Gasteiger partial charge in [-0.1, -0.05) is 31.4 Å². The number of anilines is 1. The first-order valence-corrected chi connectivity index (χ1v) is 8.07. The maximum atomic E-state index is 12.5. The second-order valence-electron chi connectivity index (χ2n) is 6.23. The Kier molecular flexibility index (Phi) is 4.01. The van der Waals surface area contributed by atoms with Crippen molar-refractivity contribution in [3.05, 3.63) is 21.6 Å². The number of hydrogen-bond donors (Lipinski definition) is 1. The summed E-state index contributed by atoms with van der Waals surface area (Å²) in [6, 6.07) is 0.337. The average Bonchev–Trinajstić information content (AvgIpc) is 3.32. The summed E-state index contributed by atoms with van der Waals surface area (Å²) in [6.45, 7) is 2.88. The van der Waals surface area contributed by atoms with Gasteiger partial charge in [0.15, 0.2) is 0 Å². The molecule has 2 saturated carbocycles. The molecule has 2 fully saturated rings. The lowest BCUT2D eigenvalue weighted by atomic mass is 10.1. The molecule has 0 radical (unpaired) electrons. The molecule has 1 aromatic rings. The normalized spacial score (nSPS) is 19.9. The summed E-state index contributed by atoms with van der Waals surface area (Å²) in [6.07, 6.45) is 8.81. The van der Waals surface area contributed by atoms with Gasteiger partial charge in [0.05, 0.1) is 11.2 Å². The van der Waals surface area contributed by atoms with Crippen LogP contribution in [0, 0.1) is 11.8 Å². The topological polar surface area (TPSA) is 46.9 Å². The van der Waals surface area contributed by atoms with Crippen LogP contribution in [-0.4, -0.2) is 15.8 Å². The van der Waals surface area contributed by atoms with Crippen LogP contribution in [0.3, 0.4) is 0 Å². The van der Waals surface area contributed by atoms with Crippen LogP contribution < -0.4 is 10.9 Å². The number of hydrogen-bond acceptors (Lipinski definition) is 3. The number of rotatable bonds is 7. The van der Waals surface area contributed by atoms with Gasteiger partial charge in [0.25, 0.3) is 5.56 Å². The second-order valence-corrected chi connectivity index (χ2v) is 6.63. The largest absolute Gasteiger partial charge is 0.377 e. The van der Waals surface area contributed by atoms with Gasteiger partial charge < -0.3 is 5.32 Å². The smallest absolute Gasteiger partial charge is 0.291 e. The van der Waals surface area contributed by atoms with Gasteiger partial charge in [0, 0.05) is 12.6 Å². The molecule has 1 atom stereocenters. The van der Waals surface area contributed by atoms with Crippen molar-refractivity contribution >= 4 is 17.3 Å². The van der Waals surface area contributed by atoms with E-state index >= 15 is 0 Å². The molecular formula is C15H22ClN3O. The van der Waals surface area contributed by atoms with E-state index in [9.17, 15) is 4.79 Å². The Labute approximate surface area is 124 Å². The number of nitrogens with zero attached hydrogens (tertiary/aromatic N) is 2. The third-order valence-corrected chi connectivity index (χ3v) is 4.57. The summed E-state index contributed by atoms with van der Waals surface area (Å²) in [5, 5.41) is 7.96. The Morgan fingerprint density at radius 2 is 2.10 bits per heavy atom. The van der Waals surface area contributed by atoms with Gasteiger partial charge in [-0.05, 0) is 37.5 Å². The molecule has 1 heterocycles. The highest BCUT2D eigenvalue weighted by Gasteiger charge is 2.26. The van der Waals surface area contributed by atoms with Crippen molar-refractivity contribution in [1.29, 1.82) is 0 Å². The first-order chi connectivity index (χ1) is 9.67. The molecule has 0 aromatic carbocycles. The van der Waals surface area contributed by atoms with E-state index in [0.717, 1.165) is 25.3 Å². The van der Waals surface area contributed by atoms with Crippen molar-refractivity contribution in [1.82, 2.24) is 9.78 Å². The fourth-order valence-corrected chi connectivity index (χ4v) is 2.74. The minimum Gasteiger partial charge on any atom is -0.377 e. The molecule has 4 nitrogen and oxygen atoms in total. The summed E-state index contributed by atoms with van der Waals surface area (Å²) in [5.41, 5.74) is 0.466. The third kappa shape index (κ3) is 3.35. The monoisotopic (exact) mass is 295 g/mol. The first-order valence-electron chi connectivity index (χ1n) is 7.69. The van der Waals surface area contributed by atoms with Crippen LogP contribution in [0.1, 0.15) is 45.4 Å². The van der Waals surface area contributed by atoms with Crippen molar-refractivity contribution in [2.45, 2.75) is 58.0 Å². The highest BCUT2D eigenvalue weighted by molar-refractivity contribution is 6.33. The van der Waals surface area contributed by atoms with Gasteiger partial charge in [-0.2, -0.15) is 5.10 Å². The molecule has 1 aromatic heterocycles. The van der Waals surface area contributed by atoms with E-state index in [1.165, 1.54) is 25.7 Å². The summed E-state index contributed by atoms with van der Waals surface area (Å²) in [4.78, 5) is 12.5. The van der Waals surface area contributed by atoms with Crippen LogP contribution in [-0.2, 0) is 6.54 Å². The highest BCUT2D eigenvalue weighted by Crippen LogP contribution is 2.35. The van der Waals surface area contributed by atoms with Crippen molar-refractivity contribution in [3.8, 4) is 0 Å². The fourth-order valence-electron chi connectivity index (χ4n) is 2.56. The molecule has 20 heavy (non-hydrogen) atoms. The zero-order chi connectivity index (χ0) is 14.1. The number of nitrogens with one attached hydrogen (secondary N) is 1. The van der Waals surface area contributed by atoms with Gasteiger partial charge in [-0.25, -0.2) is 4.68 Å². The van der Waals surface area contributed by atoms with Gasteiger partial charge in [0.1, 0.15) is 5.69 Å². The van der Waals surface area contributed by atoms with Gasteiger partial charge in [-0.3, -0.25) is 4.79 Å². The second kappa shape index (κ2) is 5.76. The molecule has 0 aliphatic heterocycles. The van der Waals surface area contributed by atoms with E-state index in [1.54, 1.807) is 10.9 Å². The van der Waals surface area contributed by atoms with Crippen LogP contribution in [0.2, 0.25) is 5.02 Å². The molecule has 0 bridgehead atoms. The van der Waals surface area contributed by atoms with Crippen LogP contribution in [0.25, 0.3) is 0 Å². The molecule has 1 unspecified atom stereocenters. The molecule has 2 aliphatic carbocycles. The first kappa shape index (κ1) is 13.9. The number of aromatic nitrogens is 2. The predicted molar refractivity (Wildman–Crippen MR) is 81.3 cm³/mol. The van der Waals surface area contributed by atoms with E-state index in [4.69, 9.17) is 11.6 Å². The molecule has 0 spiro atoms. The summed E-state index contributed by atoms with van der Waals surface area (Å²) in [5.74, 6) is 1.46. The van der Waals surface area contributed by atoms with E-state index in [0.29, 0.717) is 22.7 Å². The van der Waals surface area contributed by atoms with Crippen LogP contribution in [0.15, 0.2) is 11.0 Å². The Bertz CT molecular complexity index is 534. The van der Waals surface area contributed by atoms with Gasteiger partial charge in [0.2, 0.25) is 0 Å². The predicted octanol–water partition coefficient (Wildman–Crippen LogP) is 3.30. The maximum Gasteiger partial charge on any atom is 0.291 e. The number of halogens is 1. The lowest BCUT2D eigenvalue weighted by molar-refractivity contribution is 0.531. The molecule has 2 aliphatic rings. The van der Waals surface area contributed by atoms with Crippen molar-refractivity contribution < 1.29 is 0 Å². The van der Waals surface area contributed by atoms with Crippen LogP contribution >= 0.6 is 11.6 Å². The zero-order valence-corrected chi connectivity index (χ0v) is 12.7. The lowest BCUT2D eigenvalue weighted by Gasteiger charge is -2.19. The molecule has 0 saturated heterocycles. The van der Waals surface area contributed by atoms with Crippen LogP contribution in [0.5, 0.6) is 0 Å². The van der Waals surface area contributed by atoms with Crippen molar-refractivity contribution in [2.24, 2.45) is 11.8 Å². The molecule has 5 heteroatoms. The van der Waals surface area contributed by atoms with Crippen molar-refractivity contribution in [2.75, 3.05) is 5.32 Å². The van der Waals surface area contributed by atoms with Crippen molar-refractivity contribution in [3.63, 3.8) is 0 Å². The Morgan fingerprint density at radius 1 is 1.40 bits per heavy atom. The van der Waals surface area contributed by atoms with Crippen LogP contribution in [0.4, 0.5) is 5.69 Å². The summed E-state index contributed by atoms with van der Waals surface area (Å²) >= 11 is 6.17. The SMILES string of the molecule is CCC(CC1CC1)Nc1c(Cl)cnn(CC2CC2)c1=O.